The topological polar surface area (TPSA) is 71.4 Å². The van der Waals surface area contributed by atoms with Gasteiger partial charge in [-0.1, -0.05) is 42.5 Å². The number of rotatable bonds is 8. The smallest absolute Gasteiger partial charge is 0.310 e. The van der Waals surface area contributed by atoms with Gasteiger partial charge in [0.25, 0.3) is 0 Å². The zero-order valence-corrected chi connectivity index (χ0v) is 17.5. The molecule has 0 aromatic heterocycles. The number of carboxylic acid groups (broad SMARTS) is 1. The molecule has 1 aromatic rings. The third-order valence-corrected chi connectivity index (χ3v) is 5.07. The first-order valence-corrected chi connectivity index (χ1v) is 9.14. The second-order valence-electron chi connectivity index (χ2n) is 7.28. The Morgan fingerprint density at radius 1 is 1.08 bits per heavy atom. The highest BCUT2D eigenvalue weighted by Crippen LogP contribution is 2.33. The molecule has 0 aliphatic carbocycles. The maximum atomic E-state index is 12.5. The quantitative estimate of drug-likeness (QED) is 0.384. The van der Waals surface area contributed by atoms with Crippen molar-refractivity contribution >= 4 is 20.9 Å². The molecule has 1 rings (SSSR count). The van der Waals surface area contributed by atoms with Crippen LogP contribution in [-0.4, -0.2) is 16.9 Å². The summed E-state index contributed by atoms with van der Waals surface area (Å²) in [5, 5.41) is 9.42. The number of ketones is 1. The van der Waals surface area contributed by atoms with Crippen LogP contribution in [0.4, 0.5) is 0 Å². The van der Waals surface area contributed by atoms with Gasteiger partial charge in [0.2, 0.25) is 0 Å². The van der Waals surface area contributed by atoms with Crippen molar-refractivity contribution in [1.29, 1.82) is 0 Å². The van der Waals surface area contributed by atoms with Gasteiger partial charge in [-0.3, -0.25) is 9.59 Å². The molecule has 2 unspecified atom stereocenters. The Morgan fingerprint density at radius 3 is 1.96 bits per heavy atom. The van der Waals surface area contributed by atoms with Crippen molar-refractivity contribution in [2.75, 3.05) is 0 Å². The highest BCUT2D eigenvalue weighted by Gasteiger charge is 2.35. The van der Waals surface area contributed by atoms with Gasteiger partial charge < -0.3 is 5.11 Å². The van der Waals surface area contributed by atoms with E-state index in [9.17, 15) is 14.7 Å². The van der Waals surface area contributed by atoms with Crippen LogP contribution in [0.15, 0.2) is 12.1 Å². The van der Waals surface area contributed by atoms with Crippen molar-refractivity contribution in [3.63, 3.8) is 0 Å². The largest absolute Gasteiger partial charge is 0.481 e. The lowest BCUT2D eigenvalue weighted by molar-refractivity contribution is -0.151. The summed E-state index contributed by atoms with van der Waals surface area (Å²) in [7, 11) is 1.17. The Kier molecular flexibility index (Phi) is 9.81. The second kappa shape index (κ2) is 10.5. The minimum atomic E-state index is -0.746. The summed E-state index contributed by atoms with van der Waals surface area (Å²) < 4.78 is 8.17. The summed E-state index contributed by atoms with van der Waals surface area (Å²) in [4.78, 5) is 23.9. The summed E-state index contributed by atoms with van der Waals surface area (Å²) >= 11 is 0. The Labute approximate surface area is 153 Å². The number of Topliss-reactive ketones (excluding diaryl/α,β-unsaturated/α-hetero) is 1. The molecule has 0 saturated carbocycles. The first kappa shape index (κ1) is 23.5. The normalized spacial score (nSPS) is 12.9. The van der Waals surface area contributed by atoms with Gasteiger partial charge in [-0.2, -0.15) is 0 Å². The lowest BCUT2D eigenvalue weighted by Crippen LogP contribution is -2.33. The maximum Gasteiger partial charge on any atom is 0.310 e. The minimum Gasteiger partial charge on any atom is -0.481 e. The number of aryl methyl sites for hydroxylation is 3. The van der Waals surface area contributed by atoms with Crippen LogP contribution in [0.3, 0.4) is 0 Å². The summed E-state index contributed by atoms with van der Waals surface area (Å²) in [6, 6.07) is 4.08. The van der Waals surface area contributed by atoms with Crippen molar-refractivity contribution in [1.82, 2.24) is 0 Å². The van der Waals surface area contributed by atoms with Crippen molar-refractivity contribution in [2.24, 2.45) is 11.3 Å². The summed E-state index contributed by atoms with van der Waals surface area (Å²) in [6.07, 6.45) is 2.59. The predicted molar refractivity (Wildman–Crippen MR) is 104 cm³/mol. The SMILES string of the molecule is Cc1cc(C)c(C(=O)CCCCC(C)(C(=O)O)C(C)C)c(C)c1.O=[PH2+]. The molecule has 0 amide bonds. The first-order chi connectivity index (χ1) is 11.6. The fourth-order valence-electron chi connectivity index (χ4n) is 3.17. The molecule has 25 heavy (non-hydrogen) atoms. The van der Waals surface area contributed by atoms with Gasteiger partial charge in [0.1, 0.15) is 0 Å². The van der Waals surface area contributed by atoms with Crippen LogP contribution in [0.2, 0.25) is 0 Å². The molecule has 4 nitrogen and oxygen atoms in total. The maximum absolute atomic E-state index is 12.5. The van der Waals surface area contributed by atoms with Gasteiger partial charge in [-0.15, -0.1) is 0 Å². The summed E-state index contributed by atoms with van der Waals surface area (Å²) in [5.74, 6) is -0.497. The fraction of sp³-hybridized carbons (Fsp3) is 0.600. The van der Waals surface area contributed by atoms with Crippen LogP contribution in [0.25, 0.3) is 0 Å². The fourth-order valence-corrected chi connectivity index (χ4v) is 3.17. The highest BCUT2D eigenvalue weighted by atomic mass is 31.0. The molecule has 1 N–H and O–H groups in total. The van der Waals surface area contributed by atoms with E-state index in [4.69, 9.17) is 4.57 Å². The van der Waals surface area contributed by atoms with Crippen molar-refractivity contribution in [3.8, 4) is 0 Å². The average molecular weight is 367 g/mol. The average Bonchev–Trinajstić information content (AvgIpc) is 2.51. The van der Waals surface area contributed by atoms with E-state index >= 15 is 0 Å². The molecule has 0 aliphatic rings. The first-order valence-electron chi connectivity index (χ1n) is 8.67. The van der Waals surface area contributed by atoms with Crippen molar-refractivity contribution in [2.45, 2.75) is 67.2 Å². The third kappa shape index (κ3) is 6.36. The van der Waals surface area contributed by atoms with Gasteiger partial charge >= 0.3 is 15.1 Å². The number of benzene rings is 1. The van der Waals surface area contributed by atoms with E-state index < -0.39 is 11.4 Å². The van der Waals surface area contributed by atoms with E-state index in [1.54, 1.807) is 6.92 Å². The number of carbonyl (C=O) groups is 2. The lowest BCUT2D eigenvalue weighted by atomic mass is 9.75. The number of unbranched alkanes of at least 4 members (excludes halogenated alkanes) is 1. The molecule has 0 saturated heterocycles. The van der Waals surface area contributed by atoms with E-state index in [-0.39, 0.29) is 11.7 Å². The molecule has 0 fully saturated rings. The number of hydrogen-bond acceptors (Lipinski definition) is 3. The molecule has 0 heterocycles. The molecular weight excluding hydrogens is 335 g/mol. The highest BCUT2D eigenvalue weighted by molar-refractivity contribution is 7.00. The summed E-state index contributed by atoms with van der Waals surface area (Å²) in [5.41, 5.74) is 3.36. The molecule has 0 spiro atoms. The van der Waals surface area contributed by atoms with E-state index in [0.29, 0.717) is 12.8 Å². The van der Waals surface area contributed by atoms with E-state index in [2.05, 4.69) is 0 Å². The van der Waals surface area contributed by atoms with E-state index in [0.717, 1.165) is 29.5 Å². The molecule has 0 radical (unpaired) electrons. The van der Waals surface area contributed by atoms with Gasteiger partial charge in [-0.25, -0.2) is 0 Å². The summed E-state index contributed by atoms with van der Waals surface area (Å²) in [6.45, 7) is 11.7. The van der Waals surface area contributed by atoms with Gasteiger partial charge in [0.15, 0.2) is 5.78 Å². The number of carbonyl (C=O) groups excluding carboxylic acids is 1. The van der Waals surface area contributed by atoms with Gasteiger partial charge in [-0.05, 0) is 57.6 Å². The van der Waals surface area contributed by atoms with Crippen LogP contribution in [-0.2, 0) is 9.36 Å². The lowest BCUT2D eigenvalue weighted by Gasteiger charge is -2.29. The number of hydrogen-bond donors (Lipinski definition) is 1. The standard InChI is InChI=1S/C20H30O3.H2OP/c1-13(2)20(6,19(22)23)10-8-7-9-17(21)18-15(4)11-14(3)12-16(18)5;1-2/h11-13H,7-10H2,1-6H3,(H,22,23);2H2/q;+1. The zero-order valence-electron chi connectivity index (χ0n) is 16.3. The van der Waals surface area contributed by atoms with Crippen molar-refractivity contribution in [3.05, 3.63) is 34.4 Å². The van der Waals surface area contributed by atoms with Gasteiger partial charge in [0, 0.05) is 12.0 Å². The van der Waals surface area contributed by atoms with Crippen LogP contribution in [0.1, 0.15) is 73.5 Å². The molecule has 0 aliphatic heterocycles. The van der Waals surface area contributed by atoms with E-state index in [1.807, 2.05) is 46.8 Å². The Bertz CT molecular complexity index is 587. The van der Waals surface area contributed by atoms with E-state index in [1.165, 1.54) is 14.7 Å². The van der Waals surface area contributed by atoms with Crippen molar-refractivity contribution < 1.29 is 19.3 Å². The molecule has 0 bridgehead atoms. The van der Waals surface area contributed by atoms with Crippen LogP contribution in [0, 0.1) is 32.1 Å². The Balaban J connectivity index is 0.00000277. The monoisotopic (exact) mass is 367 g/mol. The minimum absolute atomic E-state index is 0.0808. The second-order valence-corrected chi connectivity index (χ2v) is 7.28. The van der Waals surface area contributed by atoms with Crippen LogP contribution < -0.4 is 0 Å². The number of carboxylic acids is 1. The third-order valence-electron chi connectivity index (χ3n) is 5.07. The van der Waals surface area contributed by atoms with Crippen LogP contribution in [0.5, 0.6) is 0 Å². The Morgan fingerprint density at radius 2 is 1.56 bits per heavy atom. The Hall–Kier alpha value is -1.54. The number of aliphatic carboxylic acids is 1. The predicted octanol–water partition coefficient (Wildman–Crippen LogP) is 5.31. The molecule has 1 aromatic carbocycles. The van der Waals surface area contributed by atoms with Gasteiger partial charge in [0.05, 0.1) is 5.41 Å². The zero-order chi connectivity index (χ0) is 19.8. The molecule has 2 atom stereocenters. The van der Waals surface area contributed by atoms with Crippen LogP contribution >= 0.6 is 9.12 Å². The molecule has 5 heteroatoms. The molecular formula is C20H32O4P+. The molecule has 140 valence electrons.